The number of anilines is 1. The summed E-state index contributed by atoms with van der Waals surface area (Å²) in [6, 6.07) is 7.42. The highest BCUT2D eigenvalue weighted by atomic mass is 16.5. The number of para-hydroxylation sites is 1. The summed E-state index contributed by atoms with van der Waals surface area (Å²) in [7, 11) is 0. The molecule has 2 rings (SSSR count). The van der Waals surface area contributed by atoms with Crippen LogP contribution in [0.5, 0.6) is 0 Å². The fraction of sp³-hybridized carbons (Fsp3) is 0.364. The van der Waals surface area contributed by atoms with Crippen LogP contribution in [-0.2, 0) is 4.74 Å². The predicted molar refractivity (Wildman–Crippen MR) is 58.0 cm³/mol. The smallest absolute Gasteiger partial charge is 0.250 e. The summed E-state index contributed by atoms with van der Waals surface area (Å²) in [6.07, 6.45) is 0. The molecule has 1 aliphatic rings. The minimum atomic E-state index is -0.378. The predicted octanol–water partition coefficient (Wildman–Crippen LogP) is 0.622. The first-order chi connectivity index (χ1) is 7.29. The Balaban J connectivity index is 2.29. The molecule has 4 nitrogen and oxygen atoms in total. The van der Waals surface area contributed by atoms with E-state index in [0.717, 1.165) is 18.8 Å². The van der Waals surface area contributed by atoms with Gasteiger partial charge >= 0.3 is 0 Å². The second kappa shape index (κ2) is 4.31. The topological polar surface area (TPSA) is 55.6 Å². The lowest BCUT2D eigenvalue weighted by Gasteiger charge is -2.29. The third kappa shape index (κ3) is 2.10. The van der Waals surface area contributed by atoms with Crippen LogP contribution in [0.2, 0.25) is 0 Å². The number of primary amides is 1. The molecular weight excluding hydrogens is 192 g/mol. The van der Waals surface area contributed by atoms with Crippen LogP contribution >= 0.6 is 0 Å². The Bertz CT molecular complexity index is 359. The first-order valence-electron chi connectivity index (χ1n) is 5.00. The molecule has 4 heteroatoms. The molecule has 1 aromatic carbocycles. The van der Waals surface area contributed by atoms with Crippen molar-refractivity contribution in [1.82, 2.24) is 0 Å². The van der Waals surface area contributed by atoms with Crippen molar-refractivity contribution >= 4 is 11.6 Å². The average Bonchev–Trinajstić information content (AvgIpc) is 2.30. The van der Waals surface area contributed by atoms with Gasteiger partial charge in [0.1, 0.15) is 0 Å². The van der Waals surface area contributed by atoms with Crippen LogP contribution in [0.3, 0.4) is 0 Å². The number of hydrogen-bond donors (Lipinski definition) is 1. The molecule has 0 radical (unpaired) electrons. The zero-order valence-corrected chi connectivity index (χ0v) is 8.48. The molecule has 80 valence electrons. The molecule has 15 heavy (non-hydrogen) atoms. The van der Waals surface area contributed by atoms with Gasteiger partial charge in [0.25, 0.3) is 5.91 Å². The number of hydrogen-bond acceptors (Lipinski definition) is 3. The highest BCUT2D eigenvalue weighted by Crippen LogP contribution is 2.20. The lowest BCUT2D eigenvalue weighted by molar-refractivity contribution is 0.0998. The van der Waals surface area contributed by atoms with E-state index in [1.54, 1.807) is 6.07 Å². The van der Waals surface area contributed by atoms with Crippen molar-refractivity contribution in [1.29, 1.82) is 0 Å². The lowest BCUT2D eigenvalue weighted by Crippen LogP contribution is -2.37. The van der Waals surface area contributed by atoms with Crippen molar-refractivity contribution in [3.05, 3.63) is 29.8 Å². The monoisotopic (exact) mass is 206 g/mol. The maximum Gasteiger partial charge on any atom is 0.250 e. The Hall–Kier alpha value is -1.55. The Morgan fingerprint density at radius 2 is 1.93 bits per heavy atom. The van der Waals surface area contributed by atoms with E-state index in [1.807, 2.05) is 18.2 Å². The molecule has 0 spiro atoms. The van der Waals surface area contributed by atoms with Crippen LogP contribution in [0.1, 0.15) is 10.4 Å². The average molecular weight is 206 g/mol. The Morgan fingerprint density at radius 3 is 2.60 bits per heavy atom. The molecule has 0 aliphatic carbocycles. The van der Waals surface area contributed by atoms with Crippen LogP contribution in [0, 0.1) is 0 Å². The maximum atomic E-state index is 11.2. The van der Waals surface area contributed by atoms with Crippen molar-refractivity contribution in [3.8, 4) is 0 Å². The number of morpholine rings is 1. The van der Waals surface area contributed by atoms with Gasteiger partial charge in [0, 0.05) is 18.8 Å². The number of rotatable bonds is 2. The van der Waals surface area contributed by atoms with Gasteiger partial charge in [-0.1, -0.05) is 12.1 Å². The van der Waals surface area contributed by atoms with E-state index in [0.29, 0.717) is 18.8 Å². The van der Waals surface area contributed by atoms with Gasteiger partial charge < -0.3 is 15.4 Å². The second-order valence-corrected chi connectivity index (χ2v) is 3.48. The molecular formula is C11H14N2O2. The first kappa shape index (κ1) is 9.98. The molecule has 0 unspecified atom stereocenters. The van der Waals surface area contributed by atoms with Crippen molar-refractivity contribution in [2.75, 3.05) is 31.2 Å². The number of nitrogens with zero attached hydrogens (tertiary/aromatic N) is 1. The van der Waals surface area contributed by atoms with Gasteiger partial charge in [0.05, 0.1) is 18.8 Å². The minimum absolute atomic E-state index is 0.378. The van der Waals surface area contributed by atoms with E-state index in [4.69, 9.17) is 10.5 Å². The van der Waals surface area contributed by atoms with Gasteiger partial charge in [0.2, 0.25) is 0 Å². The highest BCUT2D eigenvalue weighted by Gasteiger charge is 2.16. The second-order valence-electron chi connectivity index (χ2n) is 3.48. The number of ether oxygens (including phenoxy) is 1. The van der Waals surface area contributed by atoms with Gasteiger partial charge in [0.15, 0.2) is 0 Å². The Labute approximate surface area is 88.6 Å². The van der Waals surface area contributed by atoms with E-state index in [-0.39, 0.29) is 5.91 Å². The van der Waals surface area contributed by atoms with Crippen LogP contribution in [-0.4, -0.2) is 32.2 Å². The number of carbonyl (C=O) groups excluding carboxylic acids is 1. The van der Waals surface area contributed by atoms with E-state index in [2.05, 4.69) is 4.90 Å². The summed E-state index contributed by atoms with van der Waals surface area (Å²) >= 11 is 0. The molecule has 1 aromatic rings. The van der Waals surface area contributed by atoms with E-state index >= 15 is 0 Å². The number of benzene rings is 1. The third-order valence-electron chi connectivity index (χ3n) is 2.52. The van der Waals surface area contributed by atoms with Gasteiger partial charge in [-0.2, -0.15) is 0 Å². The SMILES string of the molecule is NC(=O)c1ccccc1N1CCOCC1. The number of amides is 1. The zero-order chi connectivity index (χ0) is 10.7. The van der Waals surface area contributed by atoms with Crippen molar-refractivity contribution < 1.29 is 9.53 Å². The molecule has 1 aliphatic heterocycles. The largest absolute Gasteiger partial charge is 0.378 e. The summed E-state index contributed by atoms with van der Waals surface area (Å²) in [4.78, 5) is 13.4. The Kier molecular flexibility index (Phi) is 2.87. The van der Waals surface area contributed by atoms with Crippen LogP contribution in [0.25, 0.3) is 0 Å². The fourth-order valence-corrected chi connectivity index (χ4v) is 1.76. The van der Waals surface area contributed by atoms with Crippen molar-refractivity contribution in [2.24, 2.45) is 5.73 Å². The van der Waals surface area contributed by atoms with Crippen LogP contribution in [0.4, 0.5) is 5.69 Å². The summed E-state index contributed by atoms with van der Waals surface area (Å²) < 4.78 is 5.26. The molecule has 0 bridgehead atoms. The quantitative estimate of drug-likeness (QED) is 0.771. The molecule has 1 amide bonds. The highest BCUT2D eigenvalue weighted by molar-refractivity contribution is 5.98. The van der Waals surface area contributed by atoms with Gasteiger partial charge in [-0.25, -0.2) is 0 Å². The fourth-order valence-electron chi connectivity index (χ4n) is 1.76. The molecule has 0 saturated carbocycles. The summed E-state index contributed by atoms with van der Waals surface area (Å²) in [5.41, 5.74) is 6.82. The van der Waals surface area contributed by atoms with Crippen molar-refractivity contribution in [2.45, 2.75) is 0 Å². The van der Waals surface area contributed by atoms with Crippen molar-refractivity contribution in [3.63, 3.8) is 0 Å². The summed E-state index contributed by atoms with van der Waals surface area (Å²) in [5, 5.41) is 0. The standard InChI is InChI=1S/C11H14N2O2/c12-11(14)9-3-1-2-4-10(9)13-5-7-15-8-6-13/h1-4H,5-8H2,(H2,12,14). The molecule has 2 N–H and O–H groups in total. The van der Waals surface area contributed by atoms with Gasteiger partial charge in [-0.05, 0) is 12.1 Å². The number of carbonyl (C=O) groups is 1. The van der Waals surface area contributed by atoms with Crippen LogP contribution in [0.15, 0.2) is 24.3 Å². The maximum absolute atomic E-state index is 11.2. The molecule has 1 heterocycles. The van der Waals surface area contributed by atoms with E-state index in [9.17, 15) is 4.79 Å². The minimum Gasteiger partial charge on any atom is -0.378 e. The van der Waals surface area contributed by atoms with Gasteiger partial charge in [-0.3, -0.25) is 4.79 Å². The van der Waals surface area contributed by atoms with E-state index in [1.165, 1.54) is 0 Å². The third-order valence-corrected chi connectivity index (χ3v) is 2.52. The molecule has 1 fully saturated rings. The van der Waals surface area contributed by atoms with E-state index < -0.39 is 0 Å². The number of nitrogens with two attached hydrogens (primary N) is 1. The normalized spacial score (nSPS) is 16.4. The van der Waals surface area contributed by atoms with Crippen LogP contribution < -0.4 is 10.6 Å². The summed E-state index contributed by atoms with van der Waals surface area (Å²) in [6.45, 7) is 3.02. The molecule has 0 atom stereocenters. The van der Waals surface area contributed by atoms with Gasteiger partial charge in [-0.15, -0.1) is 0 Å². The Morgan fingerprint density at radius 1 is 1.27 bits per heavy atom. The first-order valence-corrected chi connectivity index (χ1v) is 5.00. The molecule has 1 saturated heterocycles. The summed E-state index contributed by atoms with van der Waals surface area (Å²) in [5.74, 6) is -0.378. The molecule has 0 aromatic heterocycles. The zero-order valence-electron chi connectivity index (χ0n) is 8.48. The lowest BCUT2D eigenvalue weighted by atomic mass is 10.1.